The molecule has 2 aromatic rings. The Labute approximate surface area is 246 Å². The summed E-state index contributed by atoms with van der Waals surface area (Å²) >= 11 is 0. The summed E-state index contributed by atoms with van der Waals surface area (Å²) in [4.78, 5) is 29.6. The van der Waals surface area contributed by atoms with Crippen molar-refractivity contribution in [2.75, 3.05) is 12.3 Å². The molecule has 1 aromatic heterocycles. The Morgan fingerprint density at radius 2 is 1.93 bits per heavy atom. The van der Waals surface area contributed by atoms with Crippen molar-refractivity contribution in [1.29, 1.82) is 0 Å². The van der Waals surface area contributed by atoms with Gasteiger partial charge in [0.1, 0.15) is 12.1 Å². The molecular formula is C31H40FN3O6S. The molecule has 0 spiro atoms. The molecule has 2 aliphatic heterocycles. The molecule has 228 valence electrons. The predicted molar refractivity (Wildman–Crippen MR) is 156 cm³/mol. The molecule has 3 fully saturated rings. The third-order valence-electron chi connectivity index (χ3n) is 8.99. The maximum absolute atomic E-state index is 14.4. The summed E-state index contributed by atoms with van der Waals surface area (Å²) in [5.74, 6) is -0.953. The second-order valence-corrected chi connectivity index (χ2v) is 13.6. The maximum Gasteiger partial charge on any atom is 0.273 e. The number of hydrogen-bond acceptors (Lipinski definition) is 7. The summed E-state index contributed by atoms with van der Waals surface area (Å²) in [6.45, 7) is 4.22. The van der Waals surface area contributed by atoms with Gasteiger partial charge < -0.3 is 14.5 Å². The smallest absolute Gasteiger partial charge is 0.273 e. The third kappa shape index (κ3) is 6.17. The summed E-state index contributed by atoms with van der Waals surface area (Å²) in [5, 5.41) is 2.95. The molecule has 2 bridgehead atoms. The van der Waals surface area contributed by atoms with Gasteiger partial charge in [-0.25, -0.2) is 22.5 Å². The highest BCUT2D eigenvalue weighted by atomic mass is 32.2. The largest absolute Gasteiger partial charge is 0.447 e. The SMILES string of the molecule is CCCCCCCCNC(=O)c1coc(C23C4CCC(O4)C2C3Cc2cc(F)ccc2C=CC(=O)NS(=O)(=O)CC)n1. The van der Waals surface area contributed by atoms with Gasteiger partial charge in [0, 0.05) is 18.5 Å². The Morgan fingerprint density at radius 3 is 2.71 bits per heavy atom. The van der Waals surface area contributed by atoms with Gasteiger partial charge >= 0.3 is 0 Å². The Hall–Kier alpha value is -3.05. The lowest BCUT2D eigenvalue weighted by Crippen LogP contribution is -2.30. The summed E-state index contributed by atoms with van der Waals surface area (Å²) in [6, 6.07) is 4.34. The lowest BCUT2D eigenvalue weighted by atomic mass is 9.86. The Balaban J connectivity index is 1.28. The van der Waals surface area contributed by atoms with E-state index in [1.807, 2.05) is 4.72 Å². The minimum Gasteiger partial charge on any atom is -0.447 e. The average molecular weight is 602 g/mol. The van der Waals surface area contributed by atoms with Gasteiger partial charge in [-0.1, -0.05) is 45.1 Å². The quantitative estimate of drug-likeness (QED) is 0.224. The number of hydrogen-bond donors (Lipinski definition) is 2. The highest BCUT2D eigenvalue weighted by Crippen LogP contribution is 2.73. The van der Waals surface area contributed by atoms with Gasteiger partial charge in [0.25, 0.3) is 11.8 Å². The molecule has 1 aromatic carbocycles. The van der Waals surface area contributed by atoms with Crippen molar-refractivity contribution in [3.63, 3.8) is 0 Å². The van der Waals surface area contributed by atoms with E-state index in [4.69, 9.17) is 9.15 Å². The summed E-state index contributed by atoms with van der Waals surface area (Å²) in [7, 11) is -3.69. The fourth-order valence-corrected chi connectivity index (χ4v) is 7.41. The predicted octanol–water partition coefficient (Wildman–Crippen LogP) is 4.67. The molecule has 1 aliphatic carbocycles. The molecule has 3 heterocycles. The maximum atomic E-state index is 14.4. The van der Waals surface area contributed by atoms with Gasteiger partial charge in [0.15, 0.2) is 5.69 Å². The van der Waals surface area contributed by atoms with Gasteiger partial charge in [-0.15, -0.1) is 0 Å². The first kappa shape index (κ1) is 30.4. The number of rotatable bonds is 15. The van der Waals surface area contributed by atoms with E-state index < -0.39 is 27.2 Å². The zero-order valence-corrected chi connectivity index (χ0v) is 25.1. The van der Waals surface area contributed by atoms with Gasteiger partial charge in [-0.2, -0.15) is 0 Å². The number of aromatic nitrogens is 1. The van der Waals surface area contributed by atoms with Gasteiger partial charge in [-0.05, 0) is 67.9 Å². The summed E-state index contributed by atoms with van der Waals surface area (Å²) in [6.07, 6.45) is 13.1. The van der Waals surface area contributed by atoms with E-state index >= 15 is 0 Å². The standard InChI is InChI=1S/C31H40FN3O6S/c1-3-5-6-7-8-9-16-33-29(37)24-19-40-30(34-24)31-23(28(31)25-13-14-26(31)41-25)18-21-17-22(32)12-10-20(21)11-15-27(36)35-42(38,39)4-2/h10-12,15,17,19,23,25-26,28H,3-9,13-14,16,18H2,1-2H3,(H,33,37)(H,35,36). The highest BCUT2D eigenvalue weighted by Gasteiger charge is 2.80. The molecule has 5 unspecified atom stereocenters. The number of unbranched alkanes of at least 4 members (excludes halogenated alkanes) is 5. The van der Waals surface area contributed by atoms with E-state index in [2.05, 4.69) is 17.2 Å². The number of sulfonamides is 1. The number of ether oxygens (including phenoxy) is 1. The first-order chi connectivity index (χ1) is 20.2. The molecule has 9 nitrogen and oxygen atoms in total. The second-order valence-electron chi connectivity index (χ2n) is 11.6. The normalized spacial score (nSPS) is 26.0. The molecule has 2 saturated heterocycles. The van der Waals surface area contributed by atoms with Crippen LogP contribution < -0.4 is 10.0 Å². The fourth-order valence-electron chi connectivity index (χ4n) is 6.90. The number of amides is 2. The fraction of sp³-hybridized carbons (Fsp3) is 0.581. The Morgan fingerprint density at radius 1 is 1.14 bits per heavy atom. The molecule has 0 radical (unpaired) electrons. The number of fused-ring (bicyclic) bond motifs is 5. The number of halogens is 1. The van der Waals surface area contributed by atoms with Crippen LogP contribution in [0.25, 0.3) is 6.08 Å². The zero-order chi connectivity index (χ0) is 29.9. The van der Waals surface area contributed by atoms with Crippen LogP contribution in [0, 0.1) is 17.7 Å². The summed E-state index contributed by atoms with van der Waals surface area (Å²) in [5.41, 5.74) is 1.08. The first-order valence-electron chi connectivity index (χ1n) is 15.1. The van der Waals surface area contributed by atoms with Crippen molar-refractivity contribution < 1.29 is 31.6 Å². The molecule has 3 aliphatic rings. The van der Waals surface area contributed by atoms with Crippen LogP contribution >= 0.6 is 0 Å². The lowest BCUT2D eigenvalue weighted by molar-refractivity contribution is -0.114. The van der Waals surface area contributed by atoms with Crippen molar-refractivity contribution >= 4 is 27.9 Å². The van der Waals surface area contributed by atoms with Crippen molar-refractivity contribution in [3.05, 3.63) is 59.1 Å². The number of carbonyl (C=O) groups is 2. The van der Waals surface area contributed by atoms with Crippen molar-refractivity contribution in [3.8, 4) is 0 Å². The van der Waals surface area contributed by atoms with Gasteiger partial charge in [-0.3, -0.25) is 9.59 Å². The van der Waals surface area contributed by atoms with E-state index in [-0.39, 0.29) is 41.4 Å². The van der Waals surface area contributed by atoms with Crippen LogP contribution in [0.5, 0.6) is 0 Å². The van der Waals surface area contributed by atoms with E-state index in [0.29, 0.717) is 30.0 Å². The van der Waals surface area contributed by atoms with E-state index in [9.17, 15) is 22.4 Å². The molecular weight excluding hydrogens is 561 g/mol. The van der Waals surface area contributed by atoms with Crippen LogP contribution in [0.4, 0.5) is 4.39 Å². The first-order valence-corrected chi connectivity index (χ1v) is 16.8. The topological polar surface area (TPSA) is 128 Å². The second kappa shape index (κ2) is 12.7. The number of nitrogens with zero attached hydrogens (tertiary/aromatic N) is 1. The highest BCUT2D eigenvalue weighted by molar-refractivity contribution is 7.90. The molecule has 5 atom stereocenters. The van der Waals surface area contributed by atoms with Crippen LogP contribution in [0.2, 0.25) is 0 Å². The molecule has 1 saturated carbocycles. The number of nitrogens with one attached hydrogen (secondary N) is 2. The van der Waals surface area contributed by atoms with Crippen molar-refractivity contribution in [1.82, 2.24) is 15.0 Å². The minimum atomic E-state index is -3.69. The van der Waals surface area contributed by atoms with Crippen LogP contribution in [0.3, 0.4) is 0 Å². The lowest BCUT2D eigenvalue weighted by Gasteiger charge is -2.20. The minimum absolute atomic E-state index is 0.0504. The van der Waals surface area contributed by atoms with Crippen LogP contribution in [-0.4, -0.2) is 49.7 Å². The Bertz CT molecular complexity index is 1440. The molecule has 11 heteroatoms. The monoisotopic (exact) mass is 601 g/mol. The van der Waals surface area contributed by atoms with Crippen molar-refractivity contribution in [2.24, 2.45) is 11.8 Å². The average Bonchev–Trinajstić information content (AvgIpc) is 3.39. The third-order valence-corrected chi connectivity index (χ3v) is 10.3. The van der Waals surface area contributed by atoms with E-state index in [0.717, 1.165) is 31.8 Å². The van der Waals surface area contributed by atoms with E-state index in [1.54, 1.807) is 6.07 Å². The van der Waals surface area contributed by atoms with Crippen LogP contribution in [-0.2, 0) is 31.4 Å². The summed E-state index contributed by atoms with van der Waals surface area (Å²) < 4.78 is 52.0. The number of benzene rings is 1. The van der Waals surface area contributed by atoms with Gasteiger partial charge in [0.2, 0.25) is 15.9 Å². The van der Waals surface area contributed by atoms with Crippen molar-refractivity contribution in [2.45, 2.75) is 89.3 Å². The molecule has 2 N–H and O–H groups in total. The molecule has 5 rings (SSSR count). The molecule has 2 amide bonds. The number of oxazole rings is 1. The Kier molecular flexibility index (Phi) is 9.17. The zero-order valence-electron chi connectivity index (χ0n) is 24.2. The van der Waals surface area contributed by atoms with Crippen LogP contribution in [0.15, 0.2) is 35.0 Å². The van der Waals surface area contributed by atoms with Gasteiger partial charge in [0.05, 0.1) is 23.4 Å². The number of carbonyl (C=O) groups excluding carboxylic acids is 2. The van der Waals surface area contributed by atoms with E-state index in [1.165, 1.54) is 57.1 Å². The molecule has 42 heavy (non-hydrogen) atoms. The van der Waals surface area contributed by atoms with Crippen LogP contribution in [0.1, 0.15) is 92.7 Å².